The Morgan fingerprint density at radius 2 is 1.92 bits per heavy atom. The van der Waals surface area contributed by atoms with Crippen LogP contribution in [0.2, 0.25) is 0 Å². The highest BCUT2D eigenvalue weighted by Gasteiger charge is 2.31. The SMILES string of the molecule is O=C(Nc1cccc(OC(F)(F)F)c1)c1csc(-c2ncccn2)n1. The molecule has 1 amide bonds. The molecule has 3 aromatic rings. The Balaban J connectivity index is 1.73. The smallest absolute Gasteiger partial charge is 0.406 e. The van der Waals surface area contributed by atoms with Crippen LogP contribution in [0.5, 0.6) is 5.75 Å². The first-order valence-electron chi connectivity index (χ1n) is 6.81. The molecule has 2 heterocycles. The summed E-state index contributed by atoms with van der Waals surface area (Å²) in [5.41, 5.74) is 0.256. The number of nitrogens with zero attached hydrogens (tertiary/aromatic N) is 3. The number of thiazole rings is 1. The van der Waals surface area contributed by atoms with Crippen LogP contribution in [-0.4, -0.2) is 27.2 Å². The zero-order valence-corrected chi connectivity index (χ0v) is 13.1. The first-order valence-corrected chi connectivity index (χ1v) is 7.69. The highest BCUT2D eigenvalue weighted by atomic mass is 32.1. The van der Waals surface area contributed by atoms with Gasteiger partial charge in [-0.25, -0.2) is 15.0 Å². The van der Waals surface area contributed by atoms with E-state index < -0.39 is 18.0 Å². The Hall–Kier alpha value is -3.01. The monoisotopic (exact) mass is 366 g/mol. The third kappa shape index (κ3) is 4.51. The molecule has 0 saturated heterocycles. The van der Waals surface area contributed by atoms with Crippen molar-refractivity contribution in [3.8, 4) is 16.6 Å². The Morgan fingerprint density at radius 3 is 2.64 bits per heavy atom. The molecule has 0 aliphatic heterocycles. The maximum atomic E-state index is 12.2. The fourth-order valence-electron chi connectivity index (χ4n) is 1.86. The van der Waals surface area contributed by atoms with Gasteiger partial charge in [-0.1, -0.05) is 6.07 Å². The van der Waals surface area contributed by atoms with Gasteiger partial charge in [-0.2, -0.15) is 0 Å². The van der Waals surface area contributed by atoms with E-state index in [0.717, 1.165) is 12.1 Å². The molecule has 0 spiro atoms. The van der Waals surface area contributed by atoms with Crippen LogP contribution >= 0.6 is 11.3 Å². The van der Waals surface area contributed by atoms with Crippen molar-refractivity contribution in [3.05, 3.63) is 53.8 Å². The van der Waals surface area contributed by atoms with Crippen molar-refractivity contribution in [1.82, 2.24) is 15.0 Å². The lowest BCUT2D eigenvalue weighted by molar-refractivity contribution is -0.274. The van der Waals surface area contributed by atoms with Crippen LogP contribution in [0.3, 0.4) is 0 Å². The van der Waals surface area contributed by atoms with E-state index in [4.69, 9.17) is 0 Å². The number of carbonyl (C=O) groups is 1. The lowest BCUT2D eigenvalue weighted by Crippen LogP contribution is -2.17. The largest absolute Gasteiger partial charge is 0.573 e. The summed E-state index contributed by atoms with van der Waals surface area (Å²) in [6.07, 6.45) is -1.70. The van der Waals surface area contributed by atoms with Crippen LogP contribution in [0.25, 0.3) is 10.8 Å². The van der Waals surface area contributed by atoms with E-state index in [2.05, 4.69) is 25.0 Å². The number of halogens is 3. The lowest BCUT2D eigenvalue weighted by atomic mass is 10.3. The molecule has 2 aromatic heterocycles. The van der Waals surface area contributed by atoms with Crippen LogP contribution in [0, 0.1) is 0 Å². The Morgan fingerprint density at radius 1 is 1.16 bits per heavy atom. The van der Waals surface area contributed by atoms with Crippen molar-refractivity contribution >= 4 is 22.9 Å². The first-order chi connectivity index (χ1) is 11.9. The minimum atomic E-state index is -4.80. The summed E-state index contributed by atoms with van der Waals surface area (Å²) in [6.45, 7) is 0. The number of hydrogen-bond acceptors (Lipinski definition) is 6. The summed E-state index contributed by atoms with van der Waals surface area (Å²) in [7, 11) is 0. The molecule has 6 nitrogen and oxygen atoms in total. The second kappa shape index (κ2) is 6.85. The topological polar surface area (TPSA) is 77.0 Å². The number of alkyl halides is 3. The van der Waals surface area contributed by atoms with Gasteiger partial charge in [-0.3, -0.25) is 4.79 Å². The van der Waals surface area contributed by atoms with Crippen LogP contribution < -0.4 is 10.1 Å². The number of carbonyl (C=O) groups excluding carboxylic acids is 1. The molecule has 0 saturated carbocycles. The van der Waals surface area contributed by atoms with Gasteiger partial charge >= 0.3 is 6.36 Å². The van der Waals surface area contributed by atoms with Crippen molar-refractivity contribution in [2.24, 2.45) is 0 Å². The Labute approximate surface area is 143 Å². The second-order valence-electron chi connectivity index (χ2n) is 4.64. The summed E-state index contributed by atoms with van der Waals surface area (Å²) in [6, 6.07) is 6.63. The van der Waals surface area contributed by atoms with E-state index >= 15 is 0 Å². The molecule has 0 fully saturated rings. The van der Waals surface area contributed by atoms with E-state index in [1.54, 1.807) is 18.5 Å². The van der Waals surface area contributed by atoms with E-state index in [1.165, 1.54) is 28.8 Å². The first kappa shape index (κ1) is 16.8. The van der Waals surface area contributed by atoms with Gasteiger partial charge in [0.15, 0.2) is 10.8 Å². The zero-order chi connectivity index (χ0) is 17.9. The fraction of sp³-hybridized carbons (Fsp3) is 0.0667. The van der Waals surface area contributed by atoms with Gasteiger partial charge in [-0.15, -0.1) is 24.5 Å². The summed E-state index contributed by atoms with van der Waals surface area (Å²) in [5.74, 6) is -0.614. The van der Waals surface area contributed by atoms with Gasteiger partial charge in [0.05, 0.1) is 0 Å². The van der Waals surface area contributed by atoms with Crippen LogP contribution in [0.15, 0.2) is 48.1 Å². The van der Waals surface area contributed by atoms with Crippen molar-refractivity contribution < 1.29 is 22.7 Å². The summed E-state index contributed by atoms with van der Waals surface area (Å²) >= 11 is 1.18. The van der Waals surface area contributed by atoms with Crippen molar-refractivity contribution in [1.29, 1.82) is 0 Å². The predicted molar refractivity (Wildman–Crippen MR) is 84.2 cm³/mol. The molecular weight excluding hydrogens is 357 g/mol. The maximum absolute atomic E-state index is 12.2. The third-order valence-corrected chi connectivity index (χ3v) is 3.66. The van der Waals surface area contributed by atoms with Crippen LogP contribution in [0.1, 0.15) is 10.5 Å². The van der Waals surface area contributed by atoms with Gasteiger partial charge in [0, 0.05) is 29.5 Å². The lowest BCUT2D eigenvalue weighted by Gasteiger charge is -2.10. The van der Waals surface area contributed by atoms with Crippen molar-refractivity contribution in [3.63, 3.8) is 0 Å². The quantitative estimate of drug-likeness (QED) is 0.761. The molecule has 25 heavy (non-hydrogen) atoms. The average molecular weight is 366 g/mol. The molecule has 3 rings (SSSR count). The number of ether oxygens (including phenoxy) is 1. The number of benzene rings is 1. The summed E-state index contributed by atoms with van der Waals surface area (Å²) < 4.78 is 40.5. The number of hydrogen-bond donors (Lipinski definition) is 1. The highest BCUT2D eigenvalue weighted by Crippen LogP contribution is 2.26. The van der Waals surface area contributed by atoms with Crippen LogP contribution in [0.4, 0.5) is 18.9 Å². The standard InChI is InChI=1S/C15H9F3N4O2S/c16-15(17,18)24-10-4-1-3-9(7-10)21-13(23)11-8-25-14(22-11)12-19-5-2-6-20-12/h1-8H,(H,21,23). The van der Waals surface area contributed by atoms with E-state index in [9.17, 15) is 18.0 Å². The Bertz CT molecular complexity index is 884. The molecule has 0 aliphatic carbocycles. The summed E-state index contributed by atoms with van der Waals surface area (Å²) in [5, 5.41) is 4.44. The van der Waals surface area contributed by atoms with E-state index in [-0.39, 0.29) is 11.4 Å². The zero-order valence-electron chi connectivity index (χ0n) is 12.3. The minimum Gasteiger partial charge on any atom is -0.406 e. The maximum Gasteiger partial charge on any atom is 0.573 e. The van der Waals surface area contributed by atoms with Gasteiger partial charge in [0.2, 0.25) is 0 Å². The average Bonchev–Trinajstić information content (AvgIpc) is 3.04. The second-order valence-corrected chi connectivity index (χ2v) is 5.50. The predicted octanol–water partition coefficient (Wildman–Crippen LogP) is 3.75. The molecule has 0 bridgehead atoms. The minimum absolute atomic E-state index is 0.106. The van der Waals surface area contributed by atoms with Gasteiger partial charge in [-0.05, 0) is 18.2 Å². The van der Waals surface area contributed by atoms with Crippen molar-refractivity contribution in [2.45, 2.75) is 6.36 Å². The number of anilines is 1. The number of rotatable bonds is 4. The molecule has 1 N–H and O–H groups in total. The molecule has 128 valence electrons. The number of amides is 1. The highest BCUT2D eigenvalue weighted by molar-refractivity contribution is 7.13. The van der Waals surface area contributed by atoms with Crippen LogP contribution in [-0.2, 0) is 0 Å². The molecule has 0 radical (unpaired) electrons. The normalized spacial score (nSPS) is 11.2. The number of nitrogens with one attached hydrogen (secondary N) is 1. The molecule has 10 heteroatoms. The molecule has 0 atom stereocenters. The van der Waals surface area contributed by atoms with E-state index in [0.29, 0.717) is 10.8 Å². The molecule has 0 aliphatic rings. The molecular formula is C15H9F3N4O2S. The fourth-order valence-corrected chi connectivity index (χ4v) is 2.60. The molecule has 0 unspecified atom stereocenters. The van der Waals surface area contributed by atoms with E-state index in [1.807, 2.05) is 0 Å². The number of aromatic nitrogens is 3. The Kier molecular flexibility index (Phi) is 4.61. The van der Waals surface area contributed by atoms with Gasteiger partial charge in [0.25, 0.3) is 5.91 Å². The summed E-state index contributed by atoms with van der Waals surface area (Å²) in [4.78, 5) is 24.4. The van der Waals surface area contributed by atoms with Gasteiger partial charge < -0.3 is 10.1 Å². The third-order valence-electron chi connectivity index (χ3n) is 2.82. The van der Waals surface area contributed by atoms with Crippen molar-refractivity contribution in [2.75, 3.05) is 5.32 Å². The molecule has 1 aromatic carbocycles. The van der Waals surface area contributed by atoms with Gasteiger partial charge in [0.1, 0.15) is 11.4 Å².